The molecule has 5 heteroatoms. The Morgan fingerprint density at radius 2 is 2.21 bits per heavy atom. The Balaban J connectivity index is 2.64. The molecule has 0 aliphatic rings. The summed E-state index contributed by atoms with van der Waals surface area (Å²) in [5.74, 6) is 0.126. The summed E-state index contributed by atoms with van der Waals surface area (Å²) in [5.41, 5.74) is 6.80. The number of ether oxygens (including phenoxy) is 1. The molecule has 1 rings (SSSR count). The molecule has 1 amide bonds. The second-order valence-corrected chi connectivity index (χ2v) is 4.74. The van der Waals surface area contributed by atoms with E-state index in [0.29, 0.717) is 31.4 Å². The van der Waals surface area contributed by atoms with Gasteiger partial charge in [0, 0.05) is 19.3 Å². The maximum Gasteiger partial charge on any atom is 0.270 e. The summed E-state index contributed by atoms with van der Waals surface area (Å²) in [6.45, 7) is 7.62. The summed E-state index contributed by atoms with van der Waals surface area (Å²) < 4.78 is 5.38. The molecule has 1 aromatic heterocycles. The zero-order valence-corrected chi connectivity index (χ0v) is 11.8. The van der Waals surface area contributed by atoms with Crippen LogP contribution in [0.3, 0.4) is 0 Å². The van der Waals surface area contributed by atoms with Crippen molar-refractivity contribution >= 4 is 5.91 Å². The number of carbonyl (C=O) groups is 1. The first kappa shape index (κ1) is 15.6. The maximum atomic E-state index is 12.1. The summed E-state index contributed by atoms with van der Waals surface area (Å²) in [7, 11) is 0. The van der Waals surface area contributed by atoms with E-state index in [-0.39, 0.29) is 11.9 Å². The molecule has 3 N–H and O–H groups in total. The van der Waals surface area contributed by atoms with Gasteiger partial charge < -0.3 is 15.8 Å². The third kappa shape index (κ3) is 4.96. The van der Waals surface area contributed by atoms with Gasteiger partial charge in [0.1, 0.15) is 5.69 Å². The van der Waals surface area contributed by atoms with Crippen molar-refractivity contribution in [2.75, 3.05) is 13.2 Å². The van der Waals surface area contributed by atoms with Gasteiger partial charge >= 0.3 is 0 Å². The van der Waals surface area contributed by atoms with E-state index in [0.717, 1.165) is 5.56 Å². The Bertz CT molecular complexity index is 390. The van der Waals surface area contributed by atoms with E-state index in [1.807, 2.05) is 13.0 Å². The lowest BCUT2D eigenvalue weighted by atomic mass is 10.1. The highest BCUT2D eigenvalue weighted by Gasteiger charge is 2.17. The molecule has 0 saturated heterocycles. The number of carbonyl (C=O) groups excluding carboxylic acids is 1. The normalized spacial score (nSPS) is 12.5. The van der Waals surface area contributed by atoms with Crippen molar-refractivity contribution in [3.05, 3.63) is 29.6 Å². The van der Waals surface area contributed by atoms with E-state index in [4.69, 9.17) is 10.5 Å². The van der Waals surface area contributed by atoms with Crippen molar-refractivity contribution < 1.29 is 9.53 Å². The van der Waals surface area contributed by atoms with Gasteiger partial charge in [-0.15, -0.1) is 0 Å². The van der Waals surface area contributed by atoms with Gasteiger partial charge in [-0.3, -0.25) is 9.78 Å². The number of rotatable bonds is 7. The van der Waals surface area contributed by atoms with Gasteiger partial charge in [-0.25, -0.2) is 0 Å². The molecule has 1 aromatic rings. The number of aromatic nitrogens is 1. The molecular formula is C14H23N3O2. The zero-order valence-electron chi connectivity index (χ0n) is 11.8. The predicted molar refractivity (Wildman–Crippen MR) is 74.7 cm³/mol. The lowest BCUT2D eigenvalue weighted by Crippen LogP contribution is -2.42. The fourth-order valence-electron chi connectivity index (χ4n) is 1.57. The number of hydrogen-bond acceptors (Lipinski definition) is 4. The number of nitrogens with two attached hydrogens (primary N) is 1. The van der Waals surface area contributed by atoms with Gasteiger partial charge in [0.2, 0.25) is 0 Å². The summed E-state index contributed by atoms with van der Waals surface area (Å²) in [6, 6.07) is 3.49. The second-order valence-electron chi connectivity index (χ2n) is 4.74. The minimum absolute atomic E-state index is 0.0107. The van der Waals surface area contributed by atoms with E-state index in [1.165, 1.54) is 0 Å². The average Bonchev–Trinajstić information content (AvgIpc) is 2.43. The number of amides is 1. The van der Waals surface area contributed by atoms with E-state index >= 15 is 0 Å². The van der Waals surface area contributed by atoms with Gasteiger partial charge in [-0.1, -0.05) is 19.9 Å². The van der Waals surface area contributed by atoms with Crippen molar-refractivity contribution in [1.82, 2.24) is 10.3 Å². The Labute approximate surface area is 114 Å². The van der Waals surface area contributed by atoms with Crippen molar-refractivity contribution in [2.45, 2.75) is 33.4 Å². The number of hydrogen-bond donors (Lipinski definition) is 2. The molecule has 106 valence electrons. The average molecular weight is 265 g/mol. The minimum Gasteiger partial charge on any atom is -0.380 e. The van der Waals surface area contributed by atoms with Crippen LogP contribution in [-0.4, -0.2) is 30.1 Å². The smallest absolute Gasteiger partial charge is 0.270 e. The predicted octanol–water partition coefficient (Wildman–Crippen LogP) is 1.33. The molecule has 0 aromatic carbocycles. The molecule has 19 heavy (non-hydrogen) atoms. The highest BCUT2D eigenvalue weighted by Crippen LogP contribution is 2.05. The molecule has 0 fully saturated rings. The van der Waals surface area contributed by atoms with Gasteiger partial charge in [-0.2, -0.15) is 0 Å². The van der Waals surface area contributed by atoms with Crippen molar-refractivity contribution in [3.63, 3.8) is 0 Å². The monoisotopic (exact) mass is 265 g/mol. The largest absolute Gasteiger partial charge is 0.380 e. The molecule has 0 bridgehead atoms. The van der Waals surface area contributed by atoms with Crippen LogP contribution in [0.5, 0.6) is 0 Å². The fourth-order valence-corrected chi connectivity index (χ4v) is 1.57. The minimum atomic E-state index is -0.179. The number of pyridine rings is 1. The molecule has 0 spiro atoms. The number of nitrogens with one attached hydrogen (secondary N) is 1. The van der Waals surface area contributed by atoms with Gasteiger partial charge in [0.15, 0.2) is 0 Å². The zero-order chi connectivity index (χ0) is 14.3. The van der Waals surface area contributed by atoms with Gasteiger partial charge in [0.05, 0.1) is 12.6 Å². The highest BCUT2D eigenvalue weighted by atomic mass is 16.5. The number of nitrogens with zero attached hydrogens (tertiary/aromatic N) is 1. The van der Waals surface area contributed by atoms with Crippen LogP contribution >= 0.6 is 0 Å². The second kappa shape index (κ2) is 7.86. The van der Waals surface area contributed by atoms with Crippen LogP contribution in [0.2, 0.25) is 0 Å². The first-order valence-corrected chi connectivity index (χ1v) is 6.62. The summed E-state index contributed by atoms with van der Waals surface area (Å²) in [5, 5.41) is 2.95. The van der Waals surface area contributed by atoms with E-state index in [9.17, 15) is 4.79 Å². The summed E-state index contributed by atoms with van der Waals surface area (Å²) in [6.07, 6.45) is 1.63. The van der Waals surface area contributed by atoms with Crippen LogP contribution in [-0.2, 0) is 11.3 Å². The van der Waals surface area contributed by atoms with Gasteiger partial charge in [-0.05, 0) is 24.5 Å². The molecule has 5 nitrogen and oxygen atoms in total. The van der Waals surface area contributed by atoms with Crippen molar-refractivity contribution in [3.8, 4) is 0 Å². The maximum absolute atomic E-state index is 12.1. The molecule has 1 unspecified atom stereocenters. The molecule has 1 atom stereocenters. The van der Waals surface area contributed by atoms with E-state index in [2.05, 4.69) is 24.1 Å². The SMILES string of the molecule is CCOCC(NC(=O)c1ccc(CN)cn1)C(C)C. The van der Waals surface area contributed by atoms with Crippen molar-refractivity contribution in [1.29, 1.82) is 0 Å². The van der Waals surface area contributed by atoms with Crippen molar-refractivity contribution in [2.24, 2.45) is 11.7 Å². The van der Waals surface area contributed by atoms with Crippen LogP contribution in [0.25, 0.3) is 0 Å². The molecule has 0 aliphatic heterocycles. The van der Waals surface area contributed by atoms with Gasteiger partial charge in [0.25, 0.3) is 5.91 Å². The molecule has 0 saturated carbocycles. The fraction of sp³-hybridized carbons (Fsp3) is 0.571. The Morgan fingerprint density at radius 3 is 2.68 bits per heavy atom. The van der Waals surface area contributed by atoms with Crippen LogP contribution in [0.1, 0.15) is 36.8 Å². The first-order valence-electron chi connectivity index (χ1n) is 6.62. The lowest BCUT2D eigenvalue weighted by molar-refractivity contribution is 0.0802. The molecule has 1 heterocycles. The third-order valence-electron chi connectivity index (χ3n) is 2.92. The van der Waals surface area contributed by atoms with Crippen LogP contribution in [0.4, 0.5) is 0 Å². The Hall–Kier alpha value is -1.46. The molecule has 0 radical (unpaired) electrons. The topological polar surface area (TPSA) is 77.2 Å². The Morgan fingerprint density at radius 1 is 1.47 bits per heavy atom. The third-order valence-corrected chi connectivity index (χ3v) is 2.92. The molecule has 0 aliphatic carbocycles. The Kier molecular flexibility index (Phi) is 6.45. The van der Waals surface area contributed by atoms with Crippen LogP contribution in [0, 0.1) is 5.92 Å². The van der Waals surface area contributed by atoms with E-state index < -0.39 is 0 Å². The standard InChI is InChI=1S/C14H23N3O2/c1-4-19-9-13(10(2)3)17-14(18)12-6-5-11(7-15)8-16-12/h5-6,8,10,13H,4,7,9,15H2,1-3H3,(H,17,18). The van der Waals surface area contributed by atoms with Crippen LogP contribution in [0.15, 0.2) is 18.3 Å². The van der Waals surface area contributed by atoms with Crippen LogP contribution < -0.4 is 11.1 Å². The summed E-state index contributed by atoms with van der Waals surface area (Å²) >= 11 is 0. The lowest BCUT2D eigenvalue weighted by Gasteiger charge is -2.21. The summed E-state index contributed by atoms with van der Waals surface area (Å²) in [4.78, 5) is 16.2. The molecular weight excluding hydrogens is 242 g/mol. The highest BCUT2D eigenvalue weighted by molar-refractivity contribution is 5.92. The van der Waals surface area contributed by atoms with E-state index in [1.54, 1.807) is 12.3 Å². The quantitative estimate of drug-likeness (QED) is 0.779. The first-order chi connectivity index (χ1) is 9.08.